The van der Waals surface area contributed by atoms with Gasteiger partial charge in [-0.25, -0.2) is 0 Å². The quantitative estimate of drug-likeness (QED) is 0.584. The minimum Gasteiger partial charge on any atom is -0.304 e. The van der Waals surface area contributed by atoms with Crippen LogP contribution >= 0.6 is 0 Å². The third kappa shape index (κ3) is 2.62. The van der Waals surface area contributed by atoms with Crippen molar-refractivity contribution < 1.29 is 9.59 Å². The van der Waals surface area contributed by atoms with Crippen LogP contribution in [0.3, 0.4) is 0 Å². The number of nitrogens with zero attached hydrogens (tertiary/aromatic N) is 1. The van der Waals surface area contributed by atoms with Gasteiger partial charge in [0.05, 0.1) is 11.3 Å². The van der Waals surface area contributed by atoms with Gasteiger partial charge in [0.25, 0.3) is 11.7 Å². The highest BCUT2D eigenvalue weighted by molar-refractivity contribution is 6.52. The van der Waals surface area contributed by atoms with Crippen LogP contribution in [-0.2, 0) is 4.79 Å². The molecule has 0 aromatic heterocycles. The first-order valence-electron chi connectivity index (χ1n) is 7.54. The highest BCUT2D eigenvalue weighted by Gasteiger charge is 2.37. The summed E-state index contributed by atoms with van der Waals surface area (Å²) in [6.45, 7) is 6.71. The number of hydrogen-bond donors (Lipinski definition) is 0. The van der Waals surface area contributed by atoms with Crippen LogP contribution in [0, 0.1) is 13.8 Å². The lowest BCUT2D eigenvalue weighted by molar-refractivity contribution is -0.114. The van der Waals surface area contributed by atoms with E-state index in [2.05, 4.69) is 6.92 Å². The van der Waals surface area contributed by atoms with Crippen molar-refractivity contribution in [2.75, 3.05) is 11.4 Å². The molecule has 3 heteroatoms. The van der Waals surface area contributed by atoms with Gasteiger partial charge in [-0.15, -0.1) is 0 Å². The van der Waals surface area contributed by atoms with Gasteiger partial charge >= 0.3 is 0 Å². The molecule has 0 saturated carbocycles. The van der Waals surface area contributed by atoms with Gasteiger partial charge in [0.1, 0.15) is 0 Å². The molecule has 0 spiro atoms. The van der Waals surface area contributed by atoms with Gasteiger partial charge in [0.2, 0.25) is 0 Å². The standard InChI is InChI=1S/C17H23NO2/c1-4-5-6-7-8-11-18-15-13(3)10-9-12(2)14(15)16(19)17(18)20/h9-10H,4-8,11H2,1-3H3. The molecule has 0 bridgehead atoms. The van der Waals surface area contributed by atoms with Crippen molar-refractivity contribution in [1.29, 1.82) is 0 Å². The molecule has 0 saturated heterocycles. The number of hydrogen-bond acceptors (Lipinski definition) is 2. The van der Waals surface area contributed by atoms with E-state index in [1.807, 2.05) is 26.0 Å². The Morgan fingerprint density at radius 3 is 2.30 bits per heavy atom. The molecule has 1 aromatic rings. The molecule has 1 heterocycles. The Kier molecular flexibility index (Phi) is 4.58. The van der Waals surface area contributed by atoms with Crippen LogP contribution in [0.5, 0.6) is 0 Å². The number of unbranched alkanes of at least 4 members (excludes halogenated alkanes) is 4. The first-order chi connectivity index (χ1) is 9.57. The van der Waals surface area contributed by atoms with E-state index >= 15 is 0 Å². The predicted molar refractivity (Wildman–Crippen MR) is 81.4 cm³/mol. The van der Waals surface area contributed by atoms with E-state index in [-0.39, 0.29) is 11.7 Å². The Bertz CT molecular complexity index is 534. The topological polar surface area (TPSA) is 37.4 Å². The first-order valence-corrected chi connectivity index (χ1v) is 7.54. The van der Waals surface area contributed by atoms with Crippen molar-refractivity contribution in [3.8, 4) is 0 Å². The number of carbonyl (C=O) groups is 2. The molecule has 0 aliphatic carbocycles. The molecule has 1 aliphatic rings. The molecule has 0 fully saturated rings. The second-order valence-electron chi connectivity index (χ2n) is 5.62. The van der Waals surface area contributed by atoms with E-state index in [0.29, 0.717) is 12.1 Å². The average molecular weight is 273 g/mol. The van der Waals surface area contributed by atoms with Crippen LogP contribution in [0.4, 0.5) is 5.69 Å². The van der Waals surface area contributed by atoms with E-state index in [0.717, 1.165) is 29.7 Å². The molecule has 1 aromatic carbocycles. The number of anilines is 1. The molecule has 20 heavy (non-hydrogen) atoms. The van der Waals surface area contributed by atoms with Crippen LogP contribution in [0.15, 0.2) is 12.1 Å². The number of ketones is 1. The highest BCUT2D eigenvalue weighted by Crippen LogP contribution is 2.34. The summed E-state index contributed by atoms with van der Waals surface area (Å²) in [5.41, 5.74) is 3.37. The Balaban J connectivity index is 2.14. The molecule has 3 nitrogen and oxygen atoms in total. The zero-order valence-electron chi connectivity index (χ0n) is 12.7. The number of Topliss-reactive ketones (excluding diaryl/α,β-unsaturated/α-hetero) is 1. The number of carbonyl (C=O) groups excluding carboxylic acids is 2. The molecule has 108 valence electrons. The minimum absolute atomic E-state index is 0.338. The van der Waals surface area contributed by atoms with Gasteiger partial charge in [-0.1, -0.05) is 44.7 Å². The summed E-state index contributed by atoms with van der Waals surface area (Å²) in [4.78, 5) is 26.0. The molecule has 0 unspecified atom stereocenters. The third-order valence-corrected chi connectivity index (χ3v) is 4.01. The van der Waals surface area contributed by atoms with Crippen molar-refractivity contribution in [2.24, 2.45) is 0 Å². The number of benzene rings is 1. The lowest BCUT2D eigenvalue weighted by Crippen LogP contribution is -2.31. The highest BCUT2D eigenvalue weighted by atomic mass is 16.2. The molecule has 1 amide bonds. The third-order valence-electron chi connectivity index (χ3n) is 4.01. The zero-order valence-corrected chi connectivity index (χ0v) is 12.7. The van der Waals surface area contributed by atoms with Gasteiger partial charge < -0.3 is 4.90 Å². The summed E-state index contributed by atoms with van der Waals surface area (Å²) < 4.78 is 0. The van der Waals surface area contributed by atoms with E-state index in [1.165, 1.54) is 19.3 Å². The number of amides is 1. The normalized spacial score (nSPS) is 14.1. The fourth-order valence-electron chi connectivity index (χ4n) is 2.85. The van der Waals surface area contributed by atoms with E-state index in [9.17, 15) is 9.59 Å². The summed E-state index contributed by atoms with van der Waals surface area (Å²) in [5.74, 6) is -0.692. The summed E-state index contributed by atoms with van der Waals surface area (Å²) in [5, 5.41) is 0. The summed E-state index contributed by atoms with van der Waals surface area (Å²) in [6.07, 6.45) is 5.73. The molecule has 0 radical (unpaired) electrons. The Labute approximate surface area is 121 Å². The summed E-state index contributed by atoms with van der Waals surface area (Å²) in [6, 6.07) is 3.91. The first kappa shape index (κ1) is 14.8. The van der Waals surface area contributed by atoms with E-state index < -0.39 is 0 Å². The van der Waals surface area contributed by atoms with E-state index in [4.69, 9.17) is 0 Å². The van der Waals surface area contributed by atoms with Crippen molar-refractivity contribution in [1.82, 2.24) is 0 Å². The summed E-state index contributed by atoms with van der Waals surface area (Å²) in [7, 11) is 0. The van der Waals surface area contributed by atoms with Crippen LogP contribution in [0.25, 0.3) is 0 Å². The smallest absolute Gasteiger partial charge is 0.299 e. The Morgan fingerprint density at radius 2 is 1.60 bits per heavy atom. The Morgan fingerprint density at radius 1 is 0.950 bits per heavy atom. The monoisotopic (exact) mass is 273 g/mol. The van der Waals surface area contributed by atoms with Crippen LogP contribution < -0.4 is 4.90 Å². The fourth-order valence-corrected chi connectivity index (χ4v) is 2.85. The van der Waals surface area contributed by atoms with Crippen molar-refractivity contribution in [3.63, 3.8) is 0 Å². The number of rotatable bonds is 6. The SMILES string of the molecule is CCCCCCCN1C(=O)C(=O)c2c(C)ccc(C)c21. The van der Waals surface area contributed by atoms with Crippen molar-refractivity contribution in [2.45, 2.75) is 52.9 Å². The molecule has 0 atom stereocenters. The van der Waals surface area contributed by atoms with Crippen LogP contribution in [0.2, 0.25) is 0 Å². The van der Waals surface area contributed by atoms with Gasteiger partial charge in [0.15, 0.2) is 0 Å². The van der Waals surface area contributed by atoms with Crippen molar-refractivity contribution in [3.05, 3.63) is 28.8 Å². The predicted octanol–water partition coefficient (Wildman–Crippen LogP) is 3.80. The lowest BCUT2D eigenvalue weighted by Gasteiger charge is -2.18. The van der Waals surface area contributed by atoms with Crippen LogP contribution in [0.1, 0.15) is 60.5 Å². The lowest BCUT2D eigenvalue weighted by atomic mass is 10.0. The zero-order chi connectivity index (χ0) is 14.7. The van der Waals surface area contributed by atoms with Crippen LogP contribution in [-0.4, -0.2) is 18.2 Å². The molecule has 0 N–H and O–H groups in total. The largest absolute Gasteiger partial charge is 0.304 e. The molecular formula is C17H23NO2. The Hall–Kier alpha value is -1.64. The average Bonchev–Trinajstić information content (AvgIpc) is 2.68. The maximum Gasteiger partial charge on any atom is 0.299 e. The second kappa shape index (κ2) is 6.21. The molecular weight excluding hydrogens is 250 g/mol. The molecule has 2 rings (SSSR count). The van der Waals surface area contributed by atoms with E-state index in [1.54, 1.807) is 4.90 Å². The van der Waals surface area contributed by atoms with Gasteiger partial charge in [0, 0.05) is 6.54 Å². The van der Waals surface area contributed by atoms with Gasteiger partial charge in [-0.3, -0.25) is 9.59 Å². The minimum atomic E-state index is -0.354. The van der Waals surface area contributed by atoms with Gasteiger partial charge in [-0.2, -0.15) is 0 Å². The number of aryl methyl sites for hydroxylation is 2. The number of fused-ring (bicyclic) bond motifs is 1. The van der Waals surface area contributed by atoms with Crippen molar-refractivity contribution >= 4 is 17.4 Å². The summed E-state index contributed by atoms with van der Waals surface area (Å²) >= 11 is 0. The maximum absolute atomic E-state index is 12.2. The molecule has 1 aliphatic heterocycles. The fraction of sp³-hybridized carbons (Fsp3) is 0.529. The second-order valence-corrected chi connectivity index (χ2v) is 5.62. The maximum atomic E-state index is 12.2. The van der Waals surface area contributed by atoms with Gasteiger partial charge in [-0.05, 0) is 31.4 Å².